The molecule has 1 atom stereocenters. The Kier molecular flexibility index (Phi) is 3.21. The molecule has 1 aromatic heterocycles. The van der Waals surface area contributed by atoms with Gasteiger partial charge in [0.2, 0.25) is 0 Å². The first-order valence-electron chi connectivity index (χ1n) is 6.52. The van der Waals surface area contributed by atoms with Crippen molar-refractivity contribution >= 4 is 5.82 Å². The Hall–Kier alpha value is -1.88. The molecule has 0 saturated carbocycles. The summed E-state index contributed by atoms with van der Waals surface area (Å²) in [7, 11) is 0. The molecule has 1 aromatic carbocycles. The molecule has 0 spiro atoms. The second-order valence-electron chi connectivity index (χ2n) is 4.91. The van der Waals surface area contributed by atoms with E-state index in [4.69, 9.17) is 0 Å². The van der Waals surface area contributed by atoms with E-state index in [0.717, 1.165) is 42.1 Å². The first-order valence-corrected chi connectivity index (χ1v) is 6.52. The fraction of sp³-hybridized carbons (Fsp3) is 0.357. The molecule has 4 nitrogen and oxygen atoms in total. The minimum atomic E-state index is -0.223. The van der Waals surface area contributed by atoms with Gasteiger partial charge in [-0.05, 0) is 37.6 Å². The summed E-state index contributed by atoms with van der Waals surface area (Å²) in [5.41, 5.74) is 2.98. The second kappa shape index (κ2) is 5.01. The van der Waals surface area contributed by atoms with Crippen molar-refractivity contribution in [3.63, 3.8) is 0 Å². The summed E-state index contributed by atoms with van der Waals surface area (Å²) in [5, 5.41) is 14.1. The monoisotopic (exact) mass is 260 g/mol. The maximum absolute atomic E-state index is 13.0. The van der Waals surface area contributed by atoms with Crippen LogP contribution in [0.5, 0.6) is 0 Å². The van der Waals surface area contributed by atoms with Crippen LogP contribution in [0.1, 0.15) is 12.1 Å². The van der Waals surface area contributed by atoms with Crippen LogP contribution in [-0.4, -0.2) is 29.3 Å². The third-order valence-corrected chi connectivity index (χ3v) is 3.48. The van der Waals surface area contributed by atoms with Crippen molar-refractivity contribution in [3.05, 3.63) is 35.8 Å². The molecule has 5 heteroatoms. The van der Waals surface area contributed by atoms with E-state index >= 15 is 0 Å². The number of nitrogens with zero attached hydrogens (tertiary/aromatic N) is 1. The Bertz CT molecular complexity index is 555. The Labute approximate surface area is 111 Å². The topological polar surface area (TPSA) is 52.7 Å². The normalized spacial score (nSPS) is 18.7. The van der Waals surface area contributed by atoms with E-state index in [-0.39, 0.29) is 5.82 Å². The highest BCUT2D eigenvalue weighted by atomic mass is 19.1. The number of benzene rings is 1. The Morgan fingerprint density at radius 2 is 2.11 bits per heavy atom. The van der Waals surface area contributed by atoms with E-state index < -0.39 is 0 Å². The first-order chi connectivity index (χ1) is 9.24. The van der Waals surface area contributed by atoms with E-state index in [1.54, 1.807) is 12.1 Å². The minimum Gasteiger partial charge on any atom is -0.364 e. The lowest BCUT2D eigenvalue weighted by Crippen LogP contribution is -2.22. The third-order valence-electron chi connectivity index (χ3n) is 3.48. The van der Waals surface area contributed by atoms with E-state index in [9.17, 15) is 4.39 Å². The number of aromatic nitrogens is 2. The van der Waals surface area contributed by atoms with Crippen LogP contribution in [0.15, 0.2) is 24.3 Å². The number of hydrogen-bond acceptors (Lipinski definition) is 3. The zero-order valence-corrected chi connectivity index (χ0v) is 10.8. The van der Waals surface area contributed by atoms with Crippen molar-refractivity contribution in [3.8, 4) is 11.1 Å². The van der Waals surface area contributed by atoms with E-state index in [0.29, 0.717) is 6.04 Å². The number of aryl methyl sites for hydroxylation is 1. The van der Waals surface area contributed by atoms with Gasteiger partial charge in [0.05, 0.1) is 0 Å². The fourth-order valence-electron chi connectivity index (χ4n) is 2.47. The van der Waals surface area contributed by atoms with Gasteiger partial charge >= 0.3 is 0 Å². The van der Waals surface area contributed by atoms with Gasteiger partial charge in [-0.1, -0.05) is 12.1 Å². The van der Waals surface area contributed by atoms with Crippen LogP contribution in [-0.2, 0) is 0 Å². The molecule has 0 aliphatic carbocycles. The molecule has 1 fully saturated rings. The number of nitrogens with one attached hydrogen (secondary N) is 3. The van der Waals surface area contributed by atoms with Crippen molar-refractivity contribution in [1.29, 1.82) is 0 Å². The molecular formula is C14H17FN4. The van der Waals surface area contributed by atoms with Crippen LogP contribution >= 0.6 is 0 Å². The van der Waals surface area contributed by atoms with E-state index in [1.165, 1.54) is 12.1 Å². The first kappa shape index (κ1) is 12.2. The molecule has 1 unspecified atom stereocenters. The van der Waals surface area contributed by atoms with Crippen molar-refractivity contribution in [2.45, 2.75) is 19.4 Å². The largest absolute Gasteiger partial charge is 0.364 e. The highest BCUT2D eigenvalue weighted by molar-refractivity contribution is 5.77. The third kappa shape index (κ3) is 2.46. The fourth-order valence-corrected chi connectivity index (χ4v) is 2.47. The number of anilines is 1. The van der Waals surface area contributed by atoms with Gasteiger partial charge < -0.3 is 10.6 Å². The van der Waals surface area contributed by atoms with Crippen molar-refractivity contribution in [2.75, 3.05) is 18.4 Å². The Morgan fingerprint density at radius 3 is 2.79 bits per heavy atom. The van der Waals surface area contributed by atoms with Crippen LogP contribution in [0, 0.1) is 12.7 Å². The lowest BCUT2D eigenvalue weighted by Gasteiger charge is -2.12. The van der Waals surface area contributed by atoms with Crippen molar-refractivity contribution in [1.82, 2.24) is 15.5 Å². The van der Waals surface area contributed by atoms with Crippen molar-refractivity contribution < 1.29 is 4.39 Å². The molecular weight excluding hydrogens is 243 g/mol. The lowest BCUT2D eigenvalue weighted by molar-refractivity contribution is 0.628. The molecule has 1 saturated heterocycles. The SMILES string of the molecule is Cc1[nH]nc(NC2CCNC2)c1-c1ccc(F)cc1. The zero-order chi connectivity index (χ0) is 13.2. The molecule has 0 bridgehead atoms. The van der Waals surface area contributed by atoms with Gasteiger partial charge in [-0.3, -0.25) is 5.10 Å². The summed E-state index contributed by atoms with van der Waals surface area (Å²) in [5.74, 6) is 0.622. The number of rotatable bonds is 3. The summed E-state index contributed by atoms with van der Waals surface area (Å²) in [6.45, 7) is 3.96. The van der Waals surface area contributed by atoms with Crippen LogP contribution in [0.3, 0.4) is 0 Å². The van der Waals surface area contributed by atoms with Crippen LogP contribution < -0.4 is 10.6 Å². The standard InChI is InChI=1S/C14H17FN4/c1-9-13(10-2-4-11(15)5-3-10)14(19-18-9)17-12-6-7-16-8-12/h2-5,12,16H,6-8H2,1H3,(H2,17,18,19). The summed E-state index contributed by atoms with van der Waals surface area (Å²) in [6.07, 6.45) is 1.09. The van der Waals surface area contributed by atoms with E-state index in [1.807, 2.05) is 6.92 Å². The van der Waals surface area contributed by atoms with Gasteiger partial charge in [-0.25, -0.2) is 4.39 Å². The summed E-state index contributed by atoms with van der Waals surface area (Å²) in [6, 6.07) is 6.92. The van der Waals surface area contributed by atoms with Gasteiger partial charge in [0.1, 0.15) is 5.82 Å². The highest BCUT2D eigenvalue weighted by Gasteiger charge is 2.19. The molecule has 1 aliphatic heterocycles. The smallest absolute Gasteiger partial charge is 0.156 e. The minimum absolute atomic E-state index is 0.223. The predicted octanol–water partition coefficient (Wildman–Crippen LogP) is 2.30. The maximum atomic E-state index is 13.0. The predicted molar refractivity (Wildman–Crippen MR) is 73.6 cm³/mol. The summed E-state index contributed by atoms with van der Waals surface area (Å²) >= 11 is 0. The average molecular weight is 260 g/mol. The van der Waals surface area contributed by atoms with E-state index in [2.05, 4.69) is 20.8 Å². The van der Waals surface area contributed by atoms with Crippen LogP contribution in [0.25, 0.3) is 11.1 Å². The van der Waals surface area contributed by atoms with Gasteiger partial charge in [-0.15, -0.1) is 0 Å². The van der Waals surface area contributed by atoms with Gasteiger partial charge in [0, 0.05) is 23.8 Å². The van der Waals surface area contributed by atoms with Gasteiger partial charge in [0.25, 0.3) is 0 Å². The number of halogens is 1. The maximum Gasteiger partial charge on any atom is 0.156 e. The number of H-pyrrole nitrogens is 1. The molecule has 3 rings (SSSR count). The Balaban J connectivity index is 1.91. The molecule has 3 N–H and O–H groups in total. The molecule has 2 heterocycles. The lowest BCUT2D eigenvalue weighted by atomic mass is 10.1. The number of hydrogen-bond donors (Lipinski definition) is 3. The summed E-state index contributed by atoms with van der Waals surface area (Å²) < 4.78 is 13.0. The van der Waals surface area contributed by atoms with Crippen LogP contribution in [0.4, 0.5) is 10.2 Å². The highest BCUT2D eigenvalue weighted by Crippen LogP contribution is 2.30. The quantitative estimate of drug-likeness (QED) is 0.793. The molecule has 0 amide bonds. The molecule has 19 heavy (non-hydrogen) atoms. The number of aromatic amines is 1. The average Bonchev–Trinajstić information content (AvgIpc) is 3.02. The molecule has 1 aliphatic rings. The van der Waals surface area contributed by atoms with Gasteiger partial charge in [0.15, 0.2) is 5.82 Å². The Morgan fingerprint density at radius 1 is 1.32 bits per heavy atom. The summed E-state index contributed by atoms with van der Waals surface area (Å²) in [4.78, 5) is 0. The molecule has 100 valence electrons. The van der Waals surface area contributed by atoms with Crippen LogP contribution in [0.2, 0.25) is 0 Å². The second-order valence-corrected chi connectivity index (χ2v) is 4.91. The molecule has 2 aromatic rings. The molecule has 0 radical (unpaired) electrons. The van der Waals surface area contributed by atoms with Crippen molar-refractivity contribution in [2.24, 2.45) is 0 Å². The zero-order valence-electron chi connectivity index (χ0n) is 10.8. The van der Waals surface area contributed by atoms with Gasteiger partial charge in [-0.2, -0.15) is 5.10 Å².